The monoisotopic (exact) mass is 197 g/mol. The van der Waals surface area contributed by atoms with Crippen molar-refractivity contribution >= 4 is 13.6 Å². The Hall–Kier alpha value is -0.420. The first-order valence-corrected chi connectivity index (χ1v) is 5.16. The number of carboxylic acids is 1. The molecule has 6 nitrogen and oxygen atoms in total. The molecule has 0 aliphatic heterocycles. The molecule has 0 radical (unpaired) electrons. The summed E-state index contributed by atoms with van der Waals surface area (Å²) in [6.07, 6.45) is 0.557. The fourth-order valence-electron chi connectivity index (χ4n) is 0.641. The number of hydrogen-bond donors (Lipinski definition) is 3. The summed E-state index contributed by atoms with van der Waals surface area (Å²) >= 11 is 0. The molecule has 0 heterocycles. The molecule has 0 fully saturated rings. The summed E-state index contributed by atoms with van der Waals surface area (Å²) in [5, 5.41) is 8.21. The van der Waals surface area contributed by atoms with E-state index in [2.05, 4.69) is 10.5 Å². The van der Waals surface area contributed by atoms with E-state index in [9.17, 15) is 9.36 Å². The number of carboxylic acid groups (broad SMARTS) is 1. The third-order valence-electron chi connectivity index (χ3n) is 1.25. The Labute approximate surface area is 69.8 Å². The van der Waals surface area contributed by atoms with Gasteiger partial charge in [0.1, 0.15) is 0 Å². The number of aliphatic carboxylic acids is 1. The maximum atomic E-state index is 10.7. The van der Waals surface area contributed by atoms with E-state index in [4.69, 9.17) is 10.00 Å². The summed E-state index contributed by atoms with van der Waals surface area (Å²) in [6, 6.07) is 0. The van der Waals surface area contributed by atoms with Crippen molar-refractivity contribution in [3.63, 3.8) is 0 Å². The van der Waals surface area contributed by atoms with Crippen LogP contribution in [0.5, 0.6) is 0 Å². The minimum Gasteiger partial charge on any atom is -0.481 e. The van der Waals surface area contributed by atoms with Crippen molar-refractivity contribution in [1.29, 1.82) is 0 Å². The minimum atomic E-state index is -3.65. The summed E-state index contributed by atoms with van der Waals surface area (Å²) in [6.45, 7) is 0. The van der Waals surface area contributed by atoms with Gasteiger partial charge in [-0.1, -0.05) is 0 Å². The van der Waals surface area contributed by atoms with Gasteiger partial charge in [0.2, 0.25) is 0 Å². The molecule has 1 atom stereocenters. The lowest BCUT2D eigenvalue weighted by molar-refractivity contribution is -0.137. The quantitative estimate of drug-likeness (QED) is 0.321. The fourth-order valence-corrected chi connectivity index (χ4v) is 1.37. The van der Waals surface area contributed by atoms with E-state index >= 15 is 0 Å². The molecule has 0 aromatic rings. The molecule has 0 saturated heterocycles. The Morgan fingerprint density at radius 2 is 2.08 bits per heavy atom. The summed E-state index contributed by atoms with van der Waals surface area (Å²) in [5.74, 6) is 3.60. The van der Waals surface area contributed by atoms with Gasteiger partial charge in [-0.3, -0.25) is 9.36 Å². The van der Waals surface area contributed by atoms with Crippen LogP contribution >= 0.6 is 7.60 Å². The first kappa shape index (κ1) is 11.6. The highest BCUT2D eigenvalue weighted by molar-refractivity contribution is 7.52. The van der Waals surface area contributed by atoms with Crippen LogP contribution < -0.4 is 5.90 Å². The zero-order valence-corrected chi connectivity index (χ0v) is 7.37. The molecule has 0 aromatic heterocycles. The second kappa shape index (κ2) is 5.27. The highest BCUT2D eigenvalue weighted by Gasteiger charge is 2.16. The van der Waals surface area contributed by atoms with Crippen LogP contribution in [0.4, 0.5) is 0 Å². The second-order valence-corrected chi connectivity index (χ2v) is 4.25. The van der Waals surface area contributed by atoms with Crippen molar-refractivity contribution in [2.24, 2.45) is 5.90 Å². The molecule has 0 bridgehead atoms. The number of hydrogen-bond acceptors (Lipinski definition) is 4. The molecule has 0 aliphatic carbocycles. The van der Waals surface area contributed by atoms with Crippen LogP contribution in [0.3, 0.4) is 0 Å². The second-order valence-electron chi connectivity index (χ2n) is 2.32. The van der Waals surface area contributed by atoms with Gasteiger partial charge in [-0.05, 0) is 12.8 Å². The topological polar surface area (TPSA) is 110 Å². The molecule has 0 aliphatic rings. The van der Waals surface area contributed by atoms with E-state index in [-0.39, 0.29) is 12.6 Å². The predicted octanol–water partition coefficient (Wildman–Crippen LogP) is 0.317. The fraction of sp³-hybridized carbons (Fsp3) is 0.800. The molecular formula is C5H12NO5P. The van der Waals surface area contributed by atoms with Crippen LogP contribution in [0.15, 0.2) is 0 Å². The van der Waals surface area contributed by atoms with Crippen molar-refractivity contribution in [1.82, 2.24) is 0 Å². The van der Waals surface area contributed by atoms with Gasteiger partial charge in [-0.15, -0.1) is 0 Å². The smallest absolute Gasteiger partial charge is 0.344 e. The standard InChI is InChI=1S/C5H12NO5P/c6-11-12(9,10)4-2-1-3-5(7)8/h1-4,6H2,(H,7,8)(H,9,10). The molecule has 0 saturated carbocycles. The van der Waals surface area contributed by atoms with Crippen molar-refractivity contribution in [2.45, 2.75) is 19.3 Å². The van der Waals surface area contributed by atoms with Gasteiger partial charge in [0, 0.05) is 6.42 Å². The Morgan fingerprint density at radius 3 is 2.50 bits per heavy atom. The first-order valence-electron chi connectivity index (χ1n) is 3.40. The van der Waals surface area contributed by atoms with E-state index in [1.165, 1.54) is 0 Å². The lowest BCUT2D eigenvalue weighted by atomic mass is 10.3. The first-order chi connectivity index (χ1) is 5.48. The van der Waals surface area contributed by atoms with Gasteiger partial charge in [0.15, 0.2) is 0 Å². The number of nitrogens with two attached hydrogens (primary N) is 1. The van der Waals surface area contributed by atoms with Gasteiger partial charge in [-0.2, -0.15) is 0 Å². The molecule has 7 heteroatoms. The molecule has 72 valence electrons. The normalized spacial score (nSPS) is 15.5. The molecule has 0 amide bonds. The Kier molecular flexibility index (Phi) is 5.08. The Morgan fingerprint density at radius 1 is 1.50 bits per heavy atom. The van der Waals surface area contributed by atoms with Gasteiger partial charge in [0.05, 0.1) is 6.16 Å². The Bertz CT molecular complexity index is 194. The highest BCUT2D eigenvalue weighted by Crippen LogP contribution is 2.40. The predicted molar refractivity (Wildman–Crippen MR) is 41.5 cm³/mol. The summed E-state index contributed by atoms with van der Waals surface area (Å²) in [4.78, 5) is 18.8. The number of carbonyl (C=O) groups is 1. The number of rotatable bonds is 6. The van der Waals surface area contributed by atoms with E-state index in [1.807, 2.05) is 0 Å². The van der Waals surface area contributed by atoms with E-state index in [1.54, 1.807) is 0 Å². The maximum absolute atomic E-state index is 10.7. The van der Waals surface area contributed by atoms with Gasteiger partial charge in [-0.25, -0.2) is 10.5 Å². The third-order valence-corrected chi connectivity index (χ3v) is 2.46. The van der Waals surface area contributed by atoms with Gasteiger partial charge >= 0.3 is 13.6 Å². The SMILES string of the molecule is NOP(=O)(O)CCCCC(=O)O. The molecule has 1 unspecified atom stereocenters. The van der Waals surface area contributed by atoms with Crippen molar-refractivity contribution < 1.29 is 24.0 Å². The molecule has 12 heavy (non-hydrogen) atoms. The van der Waals surface area contributed by atoms with E-state index in [0.717, 1.165) is 0 Å². The van der Waals surface area contributed by atoms with E-state index in [0.29, 0.717) is 12.8 Å². The van der Waals surface area contributed by atoms with Crippen molar-refractivity contribution in [2.75, 3.05) is 6.16 Å². The van der Waals surface area contributed by atoms with Crippen LogP contribution in [0.1, 0.15) is 19.3 Å². The van der Waals surface area contributed by atoms with Crippen LogP contribution in [0.25, 0.3) is 0 Å². The minimum absolute atomic E-state index is 0.00935. The highest BCUT2D eigenvalue weighted by atomic mass is 31.2. The average molecular weight is 197 g/mol. The van der Waals surface area contributed by atoms with Gasteiger partial charge in [0.25, 0.3) is 0 Å². The zero-order valence-electron chi connectivity index (χ0n) is 6.47. The molecule has 0 aromatic carbocycles. The summed E-state index contributed by atoms with van der Waals surface area (Å²) in [7, 11) is -3.65. The van der Waals surface area contributed by atoms with Crippen LogP contribution in [-0.4, -0.2) is 22.1 Å². The lowest BCUT2D eigenvalue weighted by Crippen LogP contribution is -2.01. The largest absolute Gasteiger partial charge is 0.481 e. The van der Waals surface area contributed by atoms with Crippen LogP contribution in [-0.2, 0) is 14.0 Å². The summed E-state index contributed by atoms with van der Waals surface area (Å²) < 4.78 is 14.5. The molecule has 0 spiro atoms. The average Bonchev–Trinajstić information content (AvgIpc) is 1.98. The summed E-state index contributed by atoms with van der Waals surface area (Å²) in [5.41, 5.74) is 0. The number of unbranched alkanes of at least 4 members (excludes halogenated alkanes) is 1. The van der Waals surface area contributed by atoms with Crippen LogP contribution in [0.2, 0.25) is 0 Å². The van der Waals surface area contributed by atoms with Crippen LogP contribution in [0, 0.1) is 0 Å². The molecule has 4 N–H and O–H groups in total. The van der Waals surface area contributed by atoms with Gasteiger partial charge < -0.3 is 10.00 Å². The van der Waals surface area contributed by atoms with Crippen molar-refractivity contribution in [3.8, 4) is 0 Å². The molecule has 0 rings (SSSR count). The third kappa shape index (κ3) is 6.30. The maximum Gasteiger partial charge on any atom is 0.344 e. The lowest BCUT2D eigenvalue weighted by Gasteiger charge is -2.05. The van der Waals surface area contributed by atoms with E-state index < -0.39 is 13.6 Å². The molecular weight excluding hydrogens is 185 g/mol. The zero-order chi connectivity index (χ0) is 9.61. The van der Waals surface area contributed by atoms with Crippen molar-refractivity contribution in [3.05, 3.63) is 0 Å². The Balaban J connectivity index is 3.44.